The van der Waals surface area contributed by atoms with Crippen LogP contribution in [0.15, 0.2) is 30.6 Å². The third-order valence-electron chi connectivity index (χ3n) is 4.47. The lowest BCUT2D eigenvalue weighted by molar-refractivity contribution is 0.126. The van der Waals surface area contributed by atoms with E-state index < -0.39 is 28.8 Å². The molecule has 2 aliphatic heterocycles. The first-order valence-electron chi connectivity index (χ1n) is 8.32. The second-order valence-corrected chi connectivity index (χ2v) is 7.87. The maximum Gasteiger partial charge on any atom is 0.414 e. The molecular weight excluding hydrogens is 361 g/mol. The minimum absolute atomic E-state index is 0.307. The number of hydrogen-bond acceptors (Lipinski definition) is 6. The zero-order chi connectivity index (χ0) is 18.1. The quantitative estimate of drug-likeness (QED) is 0.789. The molecule has 10 heteroatoms. The number of carbonyl (C=O) groups is 1. The summed E-state index contributed by atoms with van der Waals surface area (Å²) in [5.41, 5.74) is 0.920. The van der Waals surface area contributed by atoms with Gasteiger partial charge in [-0.1, -0.05) is 0 Å². The molecule has 0 N–H and O–H groups in total. The standard InChI is InChI=1S/C16H18FN5O3S/c17-14-9-12(1-2-15(14)20-5-7-26(24)8-6-20)21-10-13(25-16(21)23)11-22-18-3-4-19-22/h1-4,9,13H,5-8,10-11H2/t13-/m1/s1. The fourth-order valence-electron chi connectivity index (χ4n) is 3.15. The maximum absolute atomic E-state index is 14.6. The van der Waals surface area contributed by atoms with E-state index in [2.05, 4.69) is 10.2 Å². The smallest absolute Gasteiger partial charge is 0.414 e. The molecule has 26 heavy (non-hydrogen) atoms. The van der Waals surface area contributed by atoms with Gasteiger partial charge in [0.05, 0.1) is 36.9 Å². The van der Waals surface area contributed by atoms with Crippen molar-refractivity contribution in [3.8, 4) is 0 Å². The average Bonchev–Trinajstić information content (AvgIpc) is 3.26. The number of ether oxygens (including phenoxy) is 1. The van der Waals surface area contributed by atoms with Gasteiger partial charge in [0, 0.05) is 35.4 Å². The average molecular weight is 379 g/mol. The Balaban J connectivity index is 1.47. The molecule has 8 nitrogen and oxygen atoms in total. The molecule has 2 aromatic rings. The van der Waals surface area contributed by atoms with E-state index in [9.17, 15) is 13.4 Å². The Bertz CT molecular complexity index is 821. The van der Waals surface area contributed by atoms with Gasteiger partial charge in [0.2, 0.25) is 0 Å². The minimum Gasteiger partial charge on any atom is -0.442 e. The van der Waals surface area contributed by atoms with Gasteiger partial charge in [0.25, 0.3) is 0 Å². The van der Waals surface area contributed by atoms with Crippen LogP contribution in [0.2, 0.25) is 0 Å². The predicted octanol–water partition coefficient (Wildman–Crippen LogP) is 1.01. The number of cyclic esters (lactones) is 1. The van der Waals surface area contributed by atoms with E-state index in [1.54, 1.807) is 24.5 Å². The predicted molar refractivity (Wildman–Crippen MR) is 94.1 cm³/mol. The van der Waals surface area contributed by atoms with E-state index in [0.717, 1.165) is 0 Å². The lowest BCUT2D eigenvalue weighted by atomic mass is 10.2. The molecule has 0 unspecified atom stereocenters. The van der Waals surface area contributed by atoms with Crippen molar-refractivity contribution in [2.45, 2.75) is 12.6 Å². The number of hydrogen-bond donors (Lipinski definition) is 0. The van der Waals surface area contributed by atoms with E-state index in [0.29, 0.717) is 49.1 Å². The Kier molecular flexibility index (Phi) is 4.58. The summed E-state index contributed by atoms with van der Waals surface area (Å²) in [6.07, 6.45) is 2.20. The zero-order valence-corrected chi connectivity index (χ0v) is 14.8. The summed E-state index contributed by atoms with van der Waals surface area (Å²) in [5.74, 6) is 0.686. The molecule has 0 radical (unpaired) electrons. The molecule has 0 spiro atoms. The third kappa shape index (κ3) is 3.41. The zero-order valence-electron chi connectivity index (χ0n) is 14.0. The Labute approximate surface area is 152 Å². The lowest BCUT2D eigenvalue weighted by Gasteiger charge is -2.29. The number of amides is 1. The van der Waals surface area contributed by atoms with E-state index in [-0.39, 0.29) is 0 Å². The molecule has 0 aliphatic carbocycles. The highest BCUT2D eigenvalue weighted by molar-refractivity contribution is 7.85. The van der Waals surface area contributed by atoms with Gasteiger partial charge in [0.15, 0.2) is 0 Å². The maximum atomic E-state index is 14.6. The van der Waals surface area contributed by atoms with Crippen molar-refractivity contribution in [1.82, 2.24) is 15.0 Å². The van der Waals surface area contributed by atoms with Crippen LogP contribution < -0.4 is 9.80 Å². The highest BCUT2D eigenvalue weighted by Gasteiger charge is 2.33. The molecule has 2 saturated heterocycles. The van der Waals surface area contributed by atoms with Crippen molar-refractivity contribution < 1.29 is 18.1 Å². The van der Waals surface area contributed by atoms with Crippen LogP contribution in [0.5, 0.6) is 0 Å². The van der Waals surface area contributed by atoms with Crippen molar-refractivity contribution in [1.29, 1.82) is 0 Å². The van der Waals surface area contributed by atoms with E-state index >= 15 is 0 Å². The molecule has 2 fully saturated rings. The van der Waals surface area contributed by atoms with Crippen molar-refractivity contribution in [3.05, 3.63) is 36.4 Å². The molecule has 2 aliphatic rings. The van der Waals surface area contributed by atoms with E-state index in [1.165, 1.54) is 15.8 Å². The van der Waals surface area contributed by atoms with Crippen LogP contribution in [0.4, 0.5) is 20.6 Å². The number of anilines is 2. The molecule has 0 bridgehead atoms. The fourth-order valence-corrected chi connectivity index (χ4v) is 4.20. The van der Waals surface area contributed by atoms with Crippen LogP contribution in [0.25, 0.3) is 0 Å². The molecule has 1 aromatic heterocycles. The topological polar surface area (TPSA) is 80.6 Å². The van der Waals surface area contributed by atoms with Gasteiger partial charge < -0.3 is 9.64 Å². The van der Waals surface area contributed by atoms with E-state index in [1.807, 2.05) is 4.90 Å². The second kappa shape index (κ2) is 7.02. The van der Waals surface area contributed by atoms with Crippen LogP contribution in [0, 0.1) is 5.82 Å². The van der Waals surface area contributed by atoms with Crippen LogP contribution in [-0.2, 0) is 22.1 Å². The van der Waals surface area contributed by atoms with Crippen LogP contribution in [0.3, 0.4) is 0 Å². The summed E-state index contributed by atoms with van der Waals surface area (Å²) in [7, 11) is -0.816. The van der Waals surface area contributed by atoms with Crippen molar-refractivity contribution in [3.63, 3.8) is 0 Å². The third-order valence-corrected chi connectivity index (χ3v) is 5.74. The summed E-state index contributed by atoms with van der Waals surface area (Å²) in [6, 6.07) is 4.71. The largest absolute Gasteiger partial charge is 0.442 e. The second-order valence-electron chi connectivity index (χ2n) is 6.17. The normalized spacial score (nSPS) is 21.3. The molecule has 138 valence electrons. The molecule has 1 aromatic carbocycles. The van der Waals surface area contributed by atoms with Gasteiger partial charge in [-0.05, 0) is 18.2 Å². The first-order chi connectivity index (χ1) is 12.6. The van der Waals surface area contributed by atoms with Crippen molar-refractivity contribution >= 4 is 28.3 Å². The van der Waals surface area contributed by atoms with Gasteiger partial charge in [-0.25, -0.2) is 9.18 Å². The highest BCUT2D eigenvalue weighted by atomic mass is 32.2. The number of benzene rings is 1. The van der Waals surface area contributed by atoms with Gasteiger partial charge in [-0.2, -0.15) is 15.0 Å². The first-order valence-corrected chi connectivity index (χ1v) is 9.80. The molecule has 1 amide bonds. The molecule has 1 atom stereocenters. The number of nitrogens with zero attached hydrogens (tertiary/aromatic N) is 5. The summed E-state index contributed by atoms with van der Waals surface area (Å²) in [5, 5.41) is 7.99. The van der Waals surface area contributed by atoms with Gasteiger partial charge in [-0.3, -0.25) is 9.11 Å². The Hall–Kier alpha value is -2.49. The monoisotopic (exact) mass is 379 g/mol. The van der Waals surface area contributed by atoms with Gasteiger partial charge in [-0.15, -0.1) is 0 Å². The van der Waals surface area contributed by atoms with Crippen LogP contribution in [0.1, 0.15) is 0 Å². The van der Waals surface area contributed by atoms with Crippen LogP contribution >= 0.6 is 0 Å². The summed E-state index contributed by atoms with van der Waals surface area (Å²) < 4.78 is 31.4. The lowest BCUT2D eigenvalue weighted by Crippen LogP contribution is -2.38. The van der Waals surface area contributed by atoms with Gasteiger partial charge in [0.1, 0.15) is 11.9 Å². The van der Waals surface area contributed by atoms with Crippen molar-refractivity contribution in [2.75, 3.05) is 40.9 Å². The number of carbonyl (C=O) groups excluding carboxylic acids is 1. The molecule has 0 saturated carbocycles. The first kappa shape index (κ1) is 17.0. The Morgan fingerprint density at radius 3 is 2.65 bits per heavy atom. The summed E-state index contributed by atoms with van der Waals surface area (Å²) in [4.78, 5) is 16.9. The molecule has 3 heterocycles. The number of rotatable bonds is 4. The van der Waals surface area contributed by atoms with Crippen LogP contribution in [-0.4, -0.2) is 62.5 Å². The Morgan fingerprint density at radius 1 is 1.23 bits per heavy atom. The van der Waals surface area contributed by atoms with E-state index in [4.69, 9.17) is 4.74 Å². The number of aromatic nitrogens is 3. The number of halogens is 1. The molecular formula is C16H18FN5O3S. The van der Waals surface area contributed by atoms with Crippen molar-refractivity contribution in [2.24, 2.45) is 0 Å². The SMILES string of the molecule is O=C1O[C@@H](Cn2nccn2)CN1c1ccc(N2CCS(=O)CC2)c(F)c1. The Morgan fingerprint density at radius 2 is 1.96 bits per heavy atom. The highest BCUT2D eigenvalue weighted by Crippen LogP contribution is 2.28. The minimum atomic E-state index is -0.816. The summed E-state index contributed by atoms with van der Waals surface area (Å²) in [6.45, 7) is 1.78. The van der Waals surface area contributed by atoms with Gasteiger partial charge >= 0.3 is 6.09 Å². The fraction of sp³-hybridized carbons (Fsp3) is 0.438. The molecule has 4 rings (SSSR count). The summed E-state index contributed by atoms with van der Waals surface area (Å²) >= 11 is 0.